The Morgan fingerprint density at radius 1 is 1.25 bits per heavy atom. The molecule has 0 aliphatic carbocycles. The fraction of sp³-hybridized carbons (Fsp3) is 0.562. The highest BCUT2D eigenvalue weighted by atomic mass is 16.2. The van der Waals surface area contributed by atoms with E-state index in [1.807, 2.05) is 11.8 Å². The highest BCUT2D eigenvalue weighted by Crippen LogP contribution is 2.21. The molecule has 1 aromatic carbocycles. The SMILES string of the molecule is CCC(CN)C(=O)N1CCN(c2ccccc2C)CC1. The maximum atomic E-state index is 12.3. The number of para-hydroxylation sites is 1. The third-order valence-electron chi connectivity index (χ3n) is 4.17. The van der Waals surface area contributed by atoms with Crippen LogP contribution in [0.1, 0.15) is 18.9 Å². The highest BCUT2D eigenvalue weighted by molar-refractivity contribution is 5.79. The van der Waals surface area contributed by atoms with Crippen molar-refractivity contribution in [3.8, 4) is 0 Å². The van der Waals surface area contributed by atoms with Crippen LogP contribution in [0.25, 0.3) is 0 Å². The van der Waals surface area contributed by atoms with Crippen LogP contribution >= 0.6 is 0 Å². The summed E-state index contributed by atoms with van der Waals surface area (Å²) in [6.07, 6.45) is 0.827. The van der Waals surface area contributed by atoms with Crippen molar-refractivity contribution in [2.75, 3.05) is 37.6 Å². The van der Waals surface area contributed by atoms with Gasteiger partial charge in [0.15, 0.2) is 0 Å². The first-order valence-electron chi connectivity index (χ1n) is 7.46. The highest BCUT2D eigenvalue weighted by Gasteiger charge is 2.25. The minimum Gasteiger partial charge on any atom is -0.368 e. The lowest BCUT2D eigenvalue weighted by atomic mass is 10.0. The number of nitrogens with two attached hydrogens (primary N) is 1. The van der Waals surface area contributed by atoms with Gasteiger partial charge in [0.2, 0.25) is 5.91 Å². The number of hydrogen-bond donors (Lipinski definition) is 1. The zero-order chi connectivity index (χ0) is 14.5. The van der Waals surface area contributed by atoms with E-state index in [1.165, 1.54) is 11.3 Å². The standard InChI is InChI=1S/C16H25N3O/c1-3-14(12-17)16(20)19-10-8-18(9-11-19)15-7-5-4-6-13(15)2/h4-7,14H,3,8-12,17H2,1-2H3. The van der Waals surface area contributed by atoms with Crippen LogP contribution in [-0.2, 0) is 4.79 Å². The number of benzene rings is 1. The summed E-state index contributed by atoms with van der Waals surface area (Å²) >= 11 is 0. The summed E-state index contributed by atoms with van der Waals surface area (Å²) in [5.41, 5.74) is 8.25. The van der Waals surface area contributed by atoms with Crippen molar-refractivity contribution < 1.29 is 4.79 Å². The molecule has 1 atom stereocenters. The summed E-state index contributed by atoms with van der Waals surface area (Å²) < 4.78 is 0. The number of carbonyl (C=O) groups is 1. The molecule has 1 aromatic rings. The molecule has 110 valence electrons. The Kier molecular flexibility index (Phi) is 5.01. The van der Waals surface area contributed by atoms with E-state index < -0.39 is 0 Å². The summed E-state index contributed by atoms with van der Waals surface area (Å²) in [4.78, 5) is 16.6. The van der Waals surface area contributed by atoms with Gasteiger partial charge >= 0.3 is 0 Å². The topological polar surface area (TPSA) is 49.6 Å². The first-order valence-corrected chi connectivity index (χ1v) is 7.46. The van der Waals surface area contributed by atoms with Gasteiger partial charge in [-0.3, -0.25) is 4.79 Å². The second kappa shape index (κ2) is 6.75. The Bertz CT molecular complexity index is 449. The van der Waals surface area contributed by atoms with Gasteiger partial charge in [-0.1, -0.05) is 25.1 Å². The van der Waals surface area contributed by atoms with E-state index in [0.717, 1.165) is 32.6 Å². The van der Waals surface area contributed by atoms with Crippen LogP contribution in [0.4, 0.5) is 5.69 Å². The van der Waals surface area contributed by atoms with Gasteiger partial charge in [0.1, 0.15) is 0 Å². The van der Waals surface area contributed by atoms with E-state index in [4.69, 9.17) is 5.73 Å². The van der Waals surface area contributed by atoms with Gasteiger partial charge in [0.05, 0.1) is 5.92 Å². The van der Waals surface area contributed by atoms with E-state index >= 15 is 0 Å². The Balaban J connectivity index is 1.96. The van der Waals surface area contributed by atoms with Gasteiger partial charge < -0.3 is 15.5 Å². The molecule has 2 rings (SSSR count). The molecule has 1 aliphatic heterocycles. The van der Waals surface area contributed by atoms with Crippen LogP contribution in [0, 0.1) is 12.8 Å². The minimum absolute atomic E-state index is 0.0139. The smallest absolute Gasteiger partial charge is 0.227 e. The third kappa shape index (κ3) is 3.12. The minimum atomic E-state index is -0.0139. The molecule has 0 spiro atoms. The number of rotatable bonds is 4. The summed E-state index contributed by atoms with van der Waals surface area (Å²) in [6.45, 7) is 8.00. The first-order chi connectivity index (χ1) is 9.67. The Hall–Kier alpha value is -1.55. The molecule has 0 aromatic heterocycles. The number of anilines is 1. The zero-order valence-corrected chi connectivity index (χ0v) is 12.5. The van der Waals surface area contributed by atoms with Gasteiger partial charge in [-0.25, -0.2) is 0 Å². The molecule has 1 unspecified atom stereocenters. The predicted molar refractivity (Wildman–Crippen MR) is 82.8 cm³/mol. The second-order valence-electron chi connectivity index (χ2n) is 5.44. The number of nitrogens with zero attached hydrogens (tertiary/aromatic N) is 2. The van der Waals surface area contributed by atoms with Gasteiger partial charge in [-0.2, -0.15) is 0 Å². The number of piperazine rings is 1. The molecule has 0 saturated carbocycles. The van der Waals surface area contributed by atoms with Crippen LogP contribution in [0.15, 0.2) is 24.3 Å². The fourth-order valence-electron chi connectivity index (χ4n) is 2.79. The molecular weight excluding hydrogens is 250 g/mol. The average molecular weight is 275 g/mol. The summed E-state index contributed by atoms with van der Waals surface area (Å²) in [6, 6.07) is 8.42. The number of amides is 1. The lowest BCUT2D eigenvalue weighted by molar-refractivity contribution is -0.135. The van der Waals surface area contributed by atoms with Crippen molar-refractivity contribution in [3.63, 3.8) is 0 Å². The fourth-order valence-corrected chi connectivity index (χ4v) is 2.79. The zero-order valence-electron chi connectivity index (χ0n) is 12.5. The largest absolute Gasteiger partial charge is 0.368 e. The predicted octanol–water partition coefficient (Wildman–Crippen LogP) is 1.63. The maximum absolute atomic E-state index is 12.3. The Morgan fingerprint density at radius 3 is 2.45 bits per heavy atom. The van der Waals surface area contributed by atoms with E-state index in [1.54, 1.807) is 0 Å². The van der Waals surface area contributed by atoms with Crippen molar-refractivity contribution in [2.24, 2.45) is 11.7 Å². The van der Waals surface area contributed by atoms with Gasteiger partial charge in [0, 0.05) is 38.4 Å². The van der Waals surface area contributed by atoms with Crippen LogP contribution in [0.5, 0.6) is 0 Å². The Labute approximate surface area is 121 Å². The van der Waals surface area contributed by atoms with Crippen LogP contribution in [0.2, 0.25) is 0 Å². The molecule has 4 heteroatoms. The van der Waals surface area contributed by atoms with E-state index in [-0.39, 0.29) is 11.8 Å². The molecule has 1 saturated heterocycles. The molecule has 1 amide bonds. The van der Waals surface area contributed by atoms with Crippen molar-refractivity contribution in [3.05, 3.63) is 29.8 Å². The average Bonchev–Trinajstić information content (AvgIpc) is 2.49. The molecule has 20 heavy (non-hydrogen) atoms. The molecule has 1 aliphatic rings. The monoisotopic (exact) mass is 275 g/mol. The van der Waals surface area contributed by atoms with Gasteiger partial charge in [0.25, 0.3) is 0 Å². The summed E-state index contributed by atoms with van der Waals surface area (Å²) in [5.74, 6) is 0.208. The van der Waals surface area contributed by atoms with Crippen molar-refractivity contribution in [2.45, 2.75) is 20.3 Å². The van der Waals surface area contributed by atoms with Crippen LogP contribution < -0.4 is 10.6 Å². The lowest BCUT2D eigenvalue weighted by Gasteiger charge is -2.38. The summed E-state index contributed by atoms with van der Waals surface area (Å²) in [5, 5.41) is 0. The van der Waals surface area contributed by atoms with Crippen molar-refractivity contribution >= 4 is 11.6 Å². The first kappa shape index (κ1) is 14.9. The quantitative estimate of drug-likeness (QED) is 0.908. The third-order valence-corrected chi connectivity index (χ3v) is 4.17. The van der Waals surface area contributed by atoms with Crippen LogP contribution in [-0.4, -0.2) is 43.5 Å². The van der Waals surface area contributed by atoms with E-state index in [0.29, 0.717) is 6.54 Å². The van der Waals surface area contributed by atoms with E-state index in [9.17, 15) is 4.79 Å². The normalized spacial score (nSPS) is 17.1. The molecule has 0 bridgehead atoms. The Morgan fingerprint density at radius 2 is 1.90 bits per heavy atom. The molecule has 1 fully saturated rings. The molecule has 4 nitrogen and oxygen atoms in total. The van der Waals surface area contributed by atoms with Crippen molar-refractivity contribution in [1.29, 1.82) is 0 Å². The number of hydrogen-bond acceptors (Lipinski definition) is 3. The lowest BCUT2D eigenvalue weighted by Crippen LogP contribution is -2.51. The number of aryl methyl sites for hydroxylation is 1. The van der Waals surface area contributed by atoms with Crippen molar-refractivity contribution in [1.82, 2.24) is 4.90 Å². The molecule has 2 N–H and O–H groups in total. The van der Waals surface area contributed by atoms with Gasteiger partial charge in [-0.15, -0.1) is 0 Å². The summed E-state index contributed by atoms with van der Waals surface area (Å²) in [7, 11) is 0. The maximum Gasteiger partial charge on any atom is 0.227 e. The molecule has 0 radical (unpaired) electrons. The van der Waals surface area contributed by atoms with Gasteiger partial charge in [-0.05, 0) is 25.0 Å². The molecule has 1 heterocycles. The second-order valence-corrected chi connectivity index (χ2v) is 5.44. The van der Waals surface area contributed by atoms with E-state index in [2.05, 4.69) is 36.1 Å². The number of carbonyl (C=O) groups excluding carboxylic acids is 1. The van der Waals surface area contributed by atoms with Crippen LogP contribution in [0.3, 0.4) is 0 Å². The molecular formula is C16H25N3O.